The molecular weight excluding hydrogens is 320 g/mol. The number of amides is 1. The Hall–Kier alpha value is -3.36. The van der Waals surface area contributed by atoms with E-state index in [-0.39, 0.29) is 13.9 Å². The van der Waals surface area contributed by atoms with Crippen molar-refractivity contribution in [1.29, 1.82) is 0 Å². The number of aromatic amines is 1. The highest BCUT2D eigenvalue weighted by Crippen LogP contribution is 2.29. The fraction of sp³-hybridized carbons (Fsp3) is 0.250. The van der Waals surface area contributed by atoms with Gasteiger partial charge in [-0.1, -0.05) is 0 Å². The van der Waals surface area contributed by atoms with Crippen molar-refractivity contribution in [2.75, 3.05) is 23.3 Å². The van der Waals surface area contributed by atoms with Gasteiger partial charge in [-0.3, -0.25) is 9.89 Å². The van der Waals surface area contributed by atoms with Crippen molar-refractivity contribution < 1.29 is 6.22 Å². The number of anilines is 2. The van der Waals surface area contributed by atoms with E-state index in [0.717, 1.165) is 11.3 Å². The zero-order chi connectivity index (χ0) is 17.4. The summed E-state index contributed by atoms with van der Waals surface area (Å²) in [5.41, 5.74) is 3.12. The van der Waals surface area contributed by atoms with Gasteiger partial charge in [0.15, 0.2) is 17.5 Å². The van der Waals surface area contributed by atoms with Crippen LogP contribution in [0.2, 0.25) is 0 Å². The normalized spacial score (nSPS) is 13.5. The Kier molecular flexibility index (Phi) is 3.60. The average molecular weight is 338 g/mol. The van der Waals surface area contributed by atoms with Crippen LogP contribution in [0.3, 0.4) is 0 Å². The number of aromatic nitrogens is 6. The summed E-state index contributed by atoms with van der Waals surface area (Å²) in [6.07, 6.45) is 3.10. The van der Waals surface area contributed by atoms with Crippen molar-refractivity contribution in [1.82, 2.24) is 30.1 Å². The second kappa shape index (κ2) is 5.93. The summed E-state index contributed by atoms with van der Waals surface area (Å²) < 4.78 is 0. The summed E-state index contributed by atoms with van der Waals surface area (Å²) in [7, 11) is 0. The molecule has 128 valence electrons. The summed E-state index contributed by atoms with van der Waals surface area (Å²) in [6, 6.07) is 3.80. The van der Waals surface area contributed by atoms with E-state index in [1.54, 1.807) is 6.20 Å². The van der Waals surface area contributed by atoms with Gasteiger partial charge in [-0.25, -0.2) is 19.9 Å². The Bertz CT molecular complexity index is 943. The van der Waals surface area contributed by atoms with Crippen molar-refractivity contribution in [3.8, 4) is 22.8 Å². The standard InChI is InChI=1S/C16H16N8O.H2/c1-3-24-7-13(25)22-15-16(24)21-12(6-17-15)10-4-5-11(20-9(10)2)14-18-8-19-23-14;/h4-6,8H,3,7H2,1-2H3,(H,17,22,25)(H,18,19,23);1H. The molecule has 4 rings (SSSR count). The average Bonchev–Trinajstić information content (AvgIpc) is 3.15. The number of rotatable bonds is 3. The third-order valence-electron chi connectivity index (χ3n) is 4.05. The van der Waals surface area contributed by atoms with Crippen LogP contribution in [0, 0.1) is 6.92 Å². The Morgan fingerprint density at radius 2 is 2.12 bits per heavy atom. The molecule has 9 heteroatoms. The first-order valence-electron chi connectivity index (χ1n) is 7.91. The molecule has 25 heavy (non-hydrogen) atoms. The number of H-pyrrole nitrogens is 1. The molecule has 9 nitrogen and oxygen atoms in total. The molecule has 0 bridgehead atoms. The van der Waals surface area contributed by atoms with Crippen molar-refractivity contribution in [2.24, 2.45) is 0 Å². The Morgan fingerprint density at radius 3 is 2.84 bits per heavy atom. The van der Waals surface area contributed by atoms with Gasteiger partial charge in [-0.05, 0) is 26.0 Å². The Labute approximate surface area is 145 Å². The molecule has 0 saturated carbocycles. The molecule has 0 unspecified atom stereocenters. The number of pyridine rings is 1. The molecule has 0 fully saturated rings. The maximum absolute atomic E-state index is 11.7. The van der Waals surface area contributed by atoms with E-state index >= 15 is 0 Å². The number of hydrogen-bond donors (Lipinski definition) is 2. The largest absolute Gasteiger partial charge is 0.344 e. The number of fused-ring (bicyclic) bond motifs is 1. The topological polar surface area (TPSA) is 113 Å². The molecule has 0 aromatic carbocycles. The minimum absolute atomic E-state index is 0. The molecule has 0 spiro atoms. The van der Waals surface area contributed by atoms with E-state index in [1.807, 2.05) is 30.9 Å². The summed E-state index contributed by atoms with van der Waals surface area (Å²) in [4.78, 5) is 31.4. The van der Waals surface area contributed by atoms with Crippen molar-refractivity contribution >= 4 is 17.5 Å². The lowest BCUT2D eigenvalue weighted by Crippen LogP contribution is -2.39. The monoisotopic (exact) mass is 338 g/mol. The van der Waals surface area contributed by atoms with Crippen LogP contribution in [0.15, 0.2) is 24.7 Å². The predicted octanol–water partition coefficient (Wildman–Crippen LogP) is 1.66. The van der Waals surface area contributed by atoms with Gasteiger partial charge < -0.3 is 10.2 Å². The van der Waals surface area contributed by atoms with Gasteiger partial charge >= 0.3 is 0 Å². The van der Waals surface area contributed by atoms with E-state index in [2.05, 4.69) is 30.5 Å². The zero-order valence-corrected chi connectivity index (χ0v) is 13.8. The number of carbonyl (C=O) groups is 1. The molecule has 1 aliphatic heterocycles. The van der Waals surface area contributed by atoms with Crippen molar-refractivity contribution in [3.63, 3.8) is 0 Å². The molecule has 1 aliphatic rings. The van der Waals surface area contributed by atoms with Gasteiger partial charge in [0.25, 0.3) is 0 Å². The van der Waals surface area contributed by atoms with E-state index in [0.29, 0.717) is 35.4 Å². The van der Waals surface area contributed by atoms with E-state index < -0.39 is 0 Å². The van der Waals surface area contributed by atoms with Crippen LogP contribution in [0.25, 0.3) is 22.8 Å². The highest BCUT2D eigenvalue weighted by molar-refractivity contribution is 5.99. The fourth-order valence-corrected chi connectivity index (χ4v) is 2.79. The van der Waals surface area contributed by atoms with Crippen molar-refractivity contribution in [3.05, 3.63) is 30.4 Å². The highest BCUT2D eigenvalue weighted by Gasteiger charge is 2.24. The minimum atomic E-state index is -0.0781. The van der Waals surface area contributed by atoms with E-state index in [9.17, 15) is 4.79 Å². The van der Waals surface area contributed by atoms with Crippen LogP contribution in [0.4, 0.5) is 11.6 Å². The summed E-state index contributed by atoms with van der Waals surface area (Å²) in [6.45, 7) is 4.86. The summed E-state index contributed by atoms with van der Waals surface area (Å²) in [5, 5.41) is 9.40. The maximum atomic E-state index is 11.7. The van der Waals surface area contributed by atoms with Gasteiger partial charge in [0, 0.05) is 19.2 Å². The minimum Gasteiger partial charge on any atom is -0.344 e. The number of hydrogen-bond acceptors (Lipinski definition) is 7. The fourth-order valence-electron chi connectivity index (χ4n) is 2.79. The molecule has 0 aliphatic carbocycles. The number of likely N-dealkylation sites (N-methyl/N-ethyl adjacent to an activating group) is 1. The first kappa shape index (κ1) is 15.2. The lowest BCUT2D eigenvalue weighted by atomic mass is 10.1. The first-order valence-corrected chi connectivity index (χ1v) is 7.91. The van der Waals surface area contributed by atoms with E-state index in [4.69, 9.17) is 4.98 Å². The summed E-state index contributed by atoms with van der Waals surface area (Å²) >= 11 is 0. The van der Waals surface area contributed by atoms with Gasteiger partial charge in [0.2, 0.25) is 5.91 Å². The quantitative estimate of drug-likeness (QED) is 0.746. The highest BCUT2D eigenvalue weighted by atomic mass is 16.2. The molecule has 1 amide bonds. The van der Waals surface area contributed by atoms with Gasteiger partial charge in [-0.15, -0.1) is 0 Å². The lowest BCUT2D eigenvalue weighted by molar-refractivity contribution is -0.115. The van der Waals surface area contributed by atoms with Crippen LogP contribution < -0.4 is 10.2 Å². The number of carbonyl (C=O) groups excluding carboxylic acids is 1. The molecule has 3 aromatic rings. The second-order valence-electron chi connectivity index (χ2n) is 5.65. The first-order chi connectivity index (χ1) is 12.2. The number of nitrogens with zero attached hydrogens (tertiary/aromatic N) is 6. The number of nitrogens with one attached hydrogen (secondary N) is 2. The van der Waals surface area contributed by atoms with Crippen LogP contribution in [-0.2, 0) is 4.79 Å². The zero-order valence-electron chi connectivity index (χ0n) is 13.8. The van der Waals surface area contributed by atoms with Crippen LogP contribution in [0.1, 0.15) is 14.0 Å². The molecule has 2 N–H and O–H groups in total. The van der Waals surface area contributed by atoms with Crippen LogP contribution in [-0.4, -0.2) is 49.1 Å². The summed E-state index contributed by atoms with van der Waals surface area (Å²) in [5.74, 6) is 1.71. The predicted molar refractivity (Wildman–Crippen MR) is 94.0 cm³/mol. The van der Waals surface area contributed by atoms with Crippen LogP contribution in [0.5, 0.6) is 0 Å². The van der Waals surface area contributed by atoms with Crippen LogP contribution >= 0.6 is 0 Å². The van der Waals surface area contributed by atoms with Gasteiger partial charge in [0.05, 0.1) is 18.4 Å². The third-order valence-corrected chi connectivity index (χ3v) is 4.05. The molecule has 0 atom stereocenters. The molecule has 0 saturated heterocycles. The Morgan fingerprint density at radius 1 is 1.24 bits per heavy atom. The van der Waals surface area contributed by atoms with Gasteiger partial charge in [-0.2, -0.15) is 5.10 Å². The smallest absolute Gasteiger partial charge is 0.245 e. The molecule has 3 aromatic heterocycles. The SMILES string of the molecule is CCN1CC(=O)Nc2ncc(-c3ccc(-c4ncn[nH]4)nc3C)nc21.[HH]. The molecule has 4 heterocycles. The van der Waals surface area contributed by atoms with E-state index in [1.165, 1.54) is 6.33 Å². The van der Waals surface area contributed by atoms with Gasteiger partial charge in [0.1, 0.15) is 12.0 Å². The van der Waals surface area contributed by atoms with Crippen molar-refractivity contribution in [2.45, 2.75) is 13.8 Å². The molecular formula is C16H18N8O. The molecule has 0 radical (unpaired) electrons. The Balaban J connectivity index is 0.00000196. The number of aryl methyl sites for hydroxylation is 1. The third kappa shape index (κ3) is 2.69. The second-order valence-corrected chi connectivity index (χ2v) is 5.65. The maximum Gasteiger partial charge on any atom is 0.245 e. The lowest BCUT2D eigenvalue weighted by Gasteiger charge is -2.28.